The summed E-state index contributed by atoms with van der Waals surface area (Å²) < 4.78 is 2.44. The zero-order valence-corrected chi connectivity index (χ0v) is 9.76. The molecule has 0 bridgehead atoms. The number of nitrogens with two attached hydrogens (primary N) is 1. The lowest BCUT2D eigenvalue weighted by atomic mass is 10.4. The number of amides is 1. The van der Waals surface area contributed by atoms with E-state index in [1.165, 1.54) is 0 Å². The molecule has 1 rings (SSSR count). The molecule has 0 spiro atoms. The Kier molecular flexibility index (Phi) is 3.51. The van der Waals surface area contributed by atoms with Crippen molar-refractivity contribution in [3.8, 4) is 0 Å². The Morgan fingerprint density at radius 3 is 2.86 bits per heavy atom. The van der Waals surface area contributed by atoms with E-state index in [0.717, 1.165) is 22.5 Å². The van der Waals surface area contributed by atoms with Crippen molar-refractivity contribution < 1.29 is 4.79 Å². The number of nitrogens with zero attached hydrogens (tertiary/aromatic N) is 2. The van der Waals surface area contributed by atoms with Crippen molar-refractivity contribution in [3.05, 3.63) is 10.2 Å². The van der Waals surface area contributed by atoms with Gasteiger partial charge < -0.3 is 11.1 Å². The normalized spacial score (nSPS) is 10.2. The number of nitrogens with one attached hydrogen (secondary N) is 1. The van der Waals surface area contributed by atoms with E-state index in [1.807, 2.05) is 13.8 Å². The zero-order chi connectivity index (χ0) is 10.7. The van der Waals surface area contributed by atoms with E-state index < -0.39 is 5.91 Å². The number of carbonyl (C=O) groups is 1. The highest BCUT2D eigenvalue weighted by atomic mass is 79.9. The van der Waals surface area contributed by atoms with Crippen LogP contribution in [0.2, 0.25) is 0 Å². The fourth-order valence-electron chi connectivity index (χ4n) is 1.16. The van der Waals surface area contributed by atoms with Crippen LogP contribution in [0, 0.1) is 6.92 Å². The van der Waals surface area contributed by atoms with E-state index in [0.29, 0.717) is 0 Å². The maximum absolute atomic E-state index is 10.8. The first-order valence-corrected chi connectivity index (χ1v) is 5.10. The fourth-order valence-corrected chi connectivity index (χ4v) is 1.58. The number of primary amides is 1. The molecule has 14 heavy (non-hydrogen) atoms. The molecule has 0 aromatic carbocycles. The molecule has 1 amide bonds. The van der Waals surface area contributed by atoms with Crippen molar-refractivity contribution in [2.45, 2.75) is 20.4 Å². The van der Waals surface area contributed by atoms with Crippen molar-refractivity contribution in [3.63, 3.8) is 0 Å². The van der Waals surface area contributed by atoms with Crippen LogP contribution in [0.25, 0.3) is 0 Å². The van der Waals surface area contributed by atoms with E-state index in [4.69, 9.17) is 5.73 Å². The lowest BCUT2D eigenvalue weighted by Crippen LogP contribution is -2.21. The van der Waals surface area contributed by atoms with Crippen molar-refractivity contribution in [2.75, 3.05) is 11.9 Å². The molecular weight excluding hydrogens is 248 g/mol. The lowest BCUT2D eigenvalue weighted by molar-refractivity contribution is -0.118. The first kappa shape index (κ1) is 11.0. The van der Waals surface area contributed by atoms with Crippen LogP contribution in [-0.4, -0.2) is 22.2 Å². The number of aromatic nitrogens is 2. The van der Waals surface area contributed by atoms with E-state index in [-0.39, 0.29) is 6.54 Å². The maximum atomic E-state index is 10.8. The summed E-state index contributed by atoms with van der Waals surface area (Å²) in [7, 11) is 0. The van der Waals surface area contributed by atoms with E-state index in [1.54, 1.807) is 4.68 Å². The van der Waals surface area contributed by atoms with Crippen LogP contribution in [0.3, 0.4) is 0 Å². The second kappa shape index (κ2) is 4.45. The zero-order valence-electron chi connectivity index (χ0n) is 8.17. The highest BCUT2D eigenvalue weighted by Gasteiger charge is 2.12. The van der Waals surface area contributed by atoms with Crippen molar-refractivity contribution >= 4 is 27.7 Å². The molecule has 6 heteroatoms. The summed E-state index contributed by atoms with van der Waals surface area (Å²) in [4.78, 5) is 10.8. The molecule has 1 aromatic rings. The Balaban J connectivity index is 3.01. The van der Waals surface area contributed by atoms with E-state index in [9.17, 15) is 4.79 Å². The summed E-state index contributed by atoms with van der Waals surface area (Å²) in [5, 5.41) is 7.29. The Bertz CT molecular complexity index is 347. The van der Waals surface area contributed by atoms with Gasteiger partial charge >= 0.3 is 0 Å². The van der Waals surface area contributed by atoms with Gasteiger partial charge in [0, 0.05) is 6.54 Å². The minimum atomic E-state index is -0.404. The molecule has 1 heterocycles. The largest absolute Gasteiger partial charge is 0.370 e. The SMILES string of the molecule is CCNc1c(Br)c(C)nn1CC(N)=O. The first-order chi connectivity index (χ1) is 6.56. The third-order valence-corrected chi connectivity index (χ3v) is 2.65. The second-order valence-electron chi connectivity index (χ2n) is 2.90. The second-order valence-corrected chi connectivity index (χ2v) is 3.70. The van der Waals surface area contributed by atoms with Crippen molar-refractivity contribution in [2.24, 2.45) is 5.73 Å². The molecule has 5 nitrogen and oxygen atoms in total. The number of halogens is 1. The van der Waals surface area contributed by atoms with E-state index >= 15 is 0 Å². The highest BCUT2D eigenvalue weighted by Crippen LogP contribution is 2.25. The predicted molar refractivity (Wildman–Crippen MR) is 58.0 cm³/mol. The molecule has 0 unspecified atom stereocenters. The van der Waals surface area contributed by atoms with Crippen LogP contribution < -0.4 is 11.1 Å². The van der Waals surface area contributed by atoms with Crippen LogP contribution in [0.4, 0.5) is 5.82 Å². The van der Waals surface area contributed by atoms with Gasteiger partial charge in [0.1, 0.15) is 12.4 Å². The molecule has 0 atom stereocenters. The van der Waals surface area contributed by atoms with Gasteiger partial charge in [-0.3, -0.25) is 4.79 Å². The number of rotatable bonds is 4. The predicted octanol–water partition coefficient (Wildman–Crippen LogP) is 0.871. The molecule has 0 fully saturated rings. The first-order valence-electron chi connectivity index (χ1n) is 4.31. The number of hydrogen-bond donors (Lipinski definition) is 2. The molecule has 3 N–H and O–H groups in total. The average molecular weight is 261 g/mol. The van der Waals surface area contributed by atoms with Crippen LogP contribution >= 0.6 is 15.9 Å². The minimum absolute atomic E-state index is 0.0920. The lowest BCUT2D eigenvalue weighted by Gasteiger charge is -2.06. The Labute approximate surface area is 90.8 Å². The van der Waals surface area contributed by atoms with Crippen LogP contribution in [0.15, 0.2) is 4.47 Å². The molecule has 0 aliphatic heterocycles. The standard InChI is InChI=1S/C8H13BrN4O/c1-3-11-8-7(9)5(2)12-13(8)4-6(10)14/h11H,3-4H2,1-2H3,(H2,10,14). The third kappa shape index (κ3) is 2.25. The van der Waals surface area contributed by atoms with Crippen LogP contribution in [0.1, 0.15) is 12.6 Å². The van der Waals surface area contributed by atoms with E-state index in [2.05, 4.69) is 26.3 Å². The van der Waals surface area contributed by atoms with Crippen LogP contribution in [-0.2, 0) is 11.3 Å². The number of hydrogen-bond acceptors (Lipinski definition) is 3. The molecule has 1 aromatic heterocycles. The minimum Gasteiger partial charge on any atom is -0.370 e. The molecule has 0 aliphatic carbocycles. The van der Waals surface area contributed by atoms with Gasteiger partial charge in [-0.15, -0.1) is 0 Å². The monoisotopic (exact) mass is 260 g/mol. The molecular formula is C8H13BrN4O. The van der Waals surface area contributed by atoms with Gasteiger partial charge in [-0.05, 0) is 29.8 Å². The fraction of sp³-hybridized carbons (Fsp3) is 0.500. The quantitative estimate of drug-likeness (QED) is 0.844. The van der Waals surface area contributed by atoms with Gasteiger partial charge in [-0.25, -0.2) is 4.68 Å². The summed E-state index contributed by atoms with van der Waals surface area (Å²) in [5.74, 6) is 0.392. The number of aryl methyl sites for hydroxylation is 1. The maximum Gasteiger partial charge on any atom is 0.239 e. The van der Waals surface area contributed by atoms with Crippen LogP contribution in [0.5, 0.6) is 0 Å². The summed E-state index contributed by atoms with van der Waals surface area (Å²) in [6.45, 7) is 4.70. The topological polar surface area (TPSA) is 72.9 Å². The number of anilines is 1. The molecule has 0 radical (unpaired) electrons. The summed E-state index contributed by atoms with van der Waals surface area (Å²) in [6.07, 6.45) is 0. The van der Waals surface area contributed by atoms with Gasteiger partial charge in [-0.2, -0.15) is 5.10 Å². The summed E-state index contributed by atoms with van der Waals surface area (Å²) in [6, 6.07) is 0. The highest BCUT2D eigenvalue weighted by molar-refractivity contribution is 9.10. The van der Waals surface area contributed by atoms with Crippen molar-refractivity contribution in [1.82, 2.24) is 9.78 Å². The molecule has 78 valence electrons. The van der Waals surface area contributed by atoms with Gasteiger partial charge in [0.05, 0.1) is 10.2 Å². The molecule has 0 aliphatic rings. The van der Waals surface area contributed by atoms with Gasteiger partial charge in [0.25, 0.3) is 0 Å². The molecule has 0 saturated carbocycles. The van der Waals surface area contributed by atoms with Gasteiger partial charge in [-0.1, -0.05) is 0 Å². The molecule has 0 saturated heterocycles. The smallest absolute Gasteiger partial charge is 0.239 e. The third-order valence-electron chi connectivity index (χ3n) is 1.70. The Hall–Kier alpha value is -1.04. The summed E-state index contributed by atoms with van der Waals surface area (Å²) >= 11 is 3.39. The Morgan fingerprint density at radius 1 is 1.71 bits per heavy atom. The van der Waals surface area contributed by atoms with Gasteiger partial charge in [0.2, 0.25) is 5.91 Å². The Morgan fingerprint density at radius 2 is 2.36 bits per heavy atom. The van der Waals surface area contributed by atoms with Gasteiger partial charge in [0.15, 0.2) is 0 Å². The van der Waals surface area contributed by atoms with Crippen molar-refractivity contribution in [1.29, 1.82) is 0 Å². The number of carbonyl (C=O) groups excluding carboxylic acids is 1. The summed E-state index contributed by atoms with van der Waals surface area (Å²) in [5.41, 5.74) is 5.94. The average Bonchev–Trinajstić information content (AvgIpc) is 2.32.